The molecule has 20 heavy (non-hydrogen) atoms. The van der Waals surface area contributed by atoms with Crippen LogP contribution < -0.4 is 0 Å². The zero-order valence-electron chi connectivity index (χ0n) is 12.3. The molecule has 2 heterocycles. The van der Waals surface area contributed by atoms with E-state index in [0.29, 0.717) is 0 Å². The molecule has 2 aliphatic heterocycles. The number of amides is 1. The van der Waals surface area contributed by atoms with E-state index in [0.717, 1.165) is 42.8 Å². The number of hydrogen-bond acceptors (Lipinski definition) is 4. The number of carbonyl (C=O) groups is 1. The van der Waals surface area contributed by atoms with Gasteiger partial charge in [0.25, 0.3) is 5.91 Å². The topological polar surface area (TPSA) is 41.9 Å². The van der Waals surface area contributed by atoms with Gasteiger partial charge in [-0.05, 0) is 24.6 Å². The van der Waals surface area contributed by atoms with E-state index >= 15 is 0 Å². The minimum Gasteiger partial charge on any atom is -0.378 e. The third kappa shape index (κ3) is 4.63. The number of carbonyl (C=O) groups excluding carboxylic acids is 1. The minimum atomic E-state index is -0.0648. The summed E-state index contributed by atoms with van der Waals surface area (Å²) in [6, 6.07) is 0. The average molecular weight is 296 g/mol. The van der Waals surface area contributed by atoms with Gasteiger partial charge in [0.15, 0.2) is 5.17 Å². The monoisotopic (exact) mass is 296 g/mol. The Bertz CT molecular complexity index is 387. The van der Waals surface area contributed by atoms with E-state index in [4.69, 9.17) is 4.74 Å². The normalized spacial score (nSPS) is 21.6. The number of rotatable bonds is 6. The van der Waals surface area contributed by atoms with Gasteiger partial charge < -0.3 is 9.64 Å². The van der Waals surface area contributed by atoms with Gasteiger partial charge in [0, 0.05) is 13.1 Å². The molecule has 0 aromatic carbocycles. The molecule has 5 heteroatoms. The zero-order chi connectivity index (χ0) is 14.2. The second kappa shape index (κ2) is 8.47. The largest absolute Gasteiger partial charge is 0.378 e. The van der Waals surface area contributed by atoms with Crippen LogP contribution in [0.5, 0.6) is 0 Å². The fourth-order valence-corrected chi connectivity index (χ4v) is 3.28. The van der Waals surface area contributed by atoms with Crippen molar-refractivity contribution in [2.75, 3.05) is 26.3 Å². The van der Waals surface area contributed by atoms with Crippen LogP contribution in [0.1, 0.15) is 45.4 Å². The highest BCUT2D eigenvalue weighted by atomic mass is 32.2. The molecule has 0 atom stereocenters. The van der Waals surface area contributed by atoms with Crippen LogP contribution in [0.2, 0.25) is 0 Å². The molecule has 0 N–H and O–H groups in total. The molecule has 0 saturated carbocycles. The van der Waals surface area contributed by atoms with Gasteiger partial charge in [-0.2, -0.15) is 4.99 Å². The predicted molar refractivity (Wildman–Crippen MR) is 83.9 cm³/mol. The summed E-state index contributed by atoms with van der Waals surface area (Å²) >= 11 is 1.53. The molecule has 0 aromatic heterocycles. The van der Waals surface area contributed by atoms with Gasteiger partial charge in [0.2, 0.25) is 0 Å². The fraction of sp³-hybridized carbons (Fsp3) is 0.733. The Morgan fingerprint density at radius 3 is 2.75 bits per heavy atom. The molecule has 0 radical (unpaired) electrons. The van der Waals surface area contributed by atoms with Crippen LogP contribution in [0.3, 0.4) is 0 Å². The van der Waals surface area contributed by atoms with E-state index in [1.165, 1.54) is 43.9 Å². The number of hydrogen-bond donors (Lipinski definition) is 0. The molecule has 0 unspecified atom stereocenters. The number of thioether (sulfide) groups is 1. The number of ether oxygens (including phenoxy) is 1. The first-order chi connectivity index (χ1) is 9.81. The summed E-state index contributed by atoms with van der Waals surface area (Å²) in [5.74, 6) is -0.0648. The summed E-state index contributed by atoms with van der Waals surface area (Å²) < 4.78 is 5.32. The summed E-state index contributed by atoms with van der Waals surface area (Å²) in [6.07, 6.45) is 9.37. The summed E-state index contributed by atoms with van der Waals surface area (Å²) in [7, 11) is 0. The van der Waals surface area contributed by atoms with Crippen LogP contribution in [-0.2, 0) is 9.53 Å². The molecular weight excluding hydrogens is 272 g/mol. The summed E-state index contributed by atoms with van der Waals surface area (Å²) in [4.78, 5) is 19.0. The van der Waals surface area contributed by atoms with Crippen LogP contribution >= 0.6 is 11.8 Å². The Balaban J connectivity index is 1.73. The van der Waals surface area contributed by atoms with Gasteiger partial charge >= 0.3 is 0 Å². The summed E-state index contributed by atoms with van der Waals surface area (Å²) in [5, 5.41) is 0.857. The summed E-state index contributed by atoms with van der Waals surface area (Å²) in [6.45, 7) is 5.35. The van der Waals surface area contributed by atoms with Crippen molar-refractivity contribution < 1.29 is 9.53 Å². The van der Waals surface area contributed by atoms with E-state index in [9.17, 15) is 4.79 Å². The van der Waals surface area contributed by atoms with E-state index in [2.05, 4.69) is 22.9 Å². The van der Waals surface area contributed by atoms with Crippen LogP contribution in [-0.4, -0.2) is 42.3 Å². The first-order valence-electron chi connectivity index (χ1n) is 7.65. The first-order valence-corrected chi connectivity index (χ1v) is 8.46. The van der Waals surface area contributed by atoms with E-state index in [-0.39, 0.29) is 5.91 Å². The van der Waals surface area contributed by atoms with Crippen LogP contribution in [0.15, 0.2) is 16.0 Å². The number of amidine groups is 1. The van der Waals surface area contributed by atoms with E-state index in [1.807, 2.05) is 0 Å². The predicted octanol–water partition coefficient (Wildman–Crippen LogP) is 3.19. The molecule has 1 saturated heterocycles. The smallest absolute Gasteiger partial charge is 0.285 e. The standard InChI is InChI=1S/C15H24N2O2S/c1-2-3-4-5-6-7-8-13-14(18)16-15(20-13)17-9-11-19-12-10-17/h8H,2-7,9-12H2,1H3. The Kier molecular flexibility index (Phi) is 6.60. The molecule has 2 aliphatic rings. The maximum Gasteiger partial charge on any atom is 0.285 e. The molecule has 0 aromatic rings. The van der Waals surface area contributed by atoms with Crippen molar-refractivity contribution in [3.05, 3.63) is 11.0 Å². The molecule has 2 rings (SSSR count). The Morgan fingerprint density at radius 1 is 1.25 bits per heavy atom. The fourth-order valence-electron chi connectivity index (χ4n) is 2.31. The number of allylic oxidation sites excluding steroid dienone is 1. The molecule has 0 aliphatic carbocycles. The van der Waals surface area contributed by atoms with Crippen molar-refractivity contribution in [2.45, 2.75) is 45.4 Å². The van der Waals surface area contributed by atoms with Gasteiger partial charge in [-0.25, -0.2) is 0 Å². The highest BCUT2D eigenvalue weighted by Crippen LogP contribution is 2.29. The molecule has 112 valence electrons. The SMILES string of the molecule is CCCCCCCC=C1SC(N2CCOCC2)=NC1=O. The molecule has 0 spiro atoms. The molecule has 1 amide bonds. The van der Waals surface area contributed by atoms with E-state index in [1.54, 1.807) is 0 Å². The molecule has 1 fully saturated rings. The number of nitrogens with zero attached hydrogens (tertiary/aromatic N) is 2. The average Bonchev–Trinajstić information content (AvgIpc) is 2.85. The van der Waals surface area contributed by atoms with Crippen molar-refractivity contribution >= 4 is 22.8 Å². The first kappa shape index (κ1) is 15.6. The zero-order valence-corrected chi connectivity index (χ0v) is 13.1. The second-order valence-electron chi connectivity index (χ2n) is 5.17. The molecular formula is C15H24N2O2S. The van der Waals surface area contributed by atoms with Crippen LogP contribution in [0.4, 0.5) is 0 Å². The van der Waals surface area contributed by atoms with Gasteiger partial charge in [-0.15, -0.1) is 0 Å². The Hall–Kier alpha value is -0.810. The molecule has 4 nitrogen and oxygen atoms in total. The maximum atomic E-state index is 11.9. The lowest BCUT2D eigenvalue weighted by Gasteiger charge is -2.27. The van der Waals surface area contributed by atoms with Crippen LogP contribution in [0.25, 0.3) is 0 Å². The van der Waals surface area contributed by atoms with Crippen molar-refractivity contribution in [1.82, 2.24) is 4.90 Å². The third-order valence-corrected chi connectivity index (χ3v) is 4.62. The number of aliphatic imine (C=N–C) groups is 1. The van der Waals surface area contributed by atoms with Gasteiger partial charge in [0.1, 0.15) is 0 Å². The van der Waals surface area contributed by atoms with E-state index < -0.39 is 0 Å². The number of unbranched alkanes of at least 4 members (excludes halogenated alkanes) is 5. The summed E-state index contributed by atoms with van der Waals surface area (Å²) in [5.41, 5.74) is 0. The second-order valence-corrected chi connectivity index (χ2v) is 6.18. The quantitative estimate of drug-likeness (QED) is 0.557. The Morgan fingerprint density at radius 2 is 2.00 bits per heavy atom. The minimum absolute atomic E-state index is 0.0648. The van der Waals surface area contributed by atoms with Gasteiger partial charge in [0.05, 0.1) is 18.1 Å². The number of morpholine rings is 1. The van der Waals surface area contributed by atoms with Crippen molar-refractivity contribution in [3.63, 3.8) is 0 Å². The lowest BCUT2D eigenvalue weighted by atomic mass is 10.1. The highest BCUT2D eigenvalue weighted by Gasteiger charge is 2.26. The van der Waals surface area contributed by atoms with Crippen molar-refractivity contribution in [1.29, 1.82) is 0 Å². The highest BCUT2D eigenvalue weighted by molar-refractivity contribution is 8.18. The van der Waals surface area contributed by atoms with Crippen LogP contribution in [0, 0.1) is 0 Å². The molecule has 0 bridgehead atoms. The maximum absolute atomic E-state index is 11.9. The lowest BCUT2D eigenvalue weighted by Crippen LogP contribution is -2.38. The van der Waals surface area contributed by atoms with Crippen molar-refractivity contribution in [3.8, 4) is 0 Å². The van der Waals surface area contributed by atoms with Gasteiger partial charge in [-0.3, -0.25) is 4.79 Å². The Labute approximate surface area is 125 Å². The van der Waals surface area contributed by atoms with Gasteiger partial charge in [-0.1, -0.05) is 38.7 Å². The third-order valence-electron chi connectivity index (χ3n) is 3.53. The lowest BCUT2D eigenvalue weighted by molar-refractivity contribution is -0.113. The van der Waals surface area contributed by atoms with Crippen molar-refractivity contribution in [2.24, 2.45) is 4.99 Å².